The average molecular weight is 629 g/mol. The first kappa shape index (κ1) is 31.9. The summed E-state index contributed by atoms with van der Waals surface area (Å²) in [6.07, 6.45) is 48.3. The molecule has 9 aliphatic carbocycles. The van der Waals surface area contributed by atoms with E-state index in [1.807, 2.05) is 0 Å². The van der Waals surface area contributed by atoms with Crippen molar-refractivity contribution in [2.45, 2.75) is 193 Å². The lowest BCUT2D eigenvalue weighted by Crippen LogP contribution is -2.54. The second-order valence-electron chi connectivity index (χ2n) is 20.4. The number of fused-ring (bicyclic) bond motifs is 4. The molecule has 0 saturated heterocycles. The van der Waals surface area contributed by atoms with Crippen LogP contribution in [-0.4, -0.2) is 0 Å². The smallest absolute Gasteiger partial charge is 0.0323 e. The summed E-state index contributed by atoms with van der Waals surface area (Å²) in [7, 11) is 0. The highest BCUT2D eigenvalue weighted by Gasteiger charge is 2.56. The van der Waals surface area contributed by atoms with Crippen LogP contribution in [-0.2, 0) is 0 Å². The third kappa shape index (κ3) is 6.05. The maximum Gasteiger partial charge on any atom is -0.0323 e. The van der Waals surface area contributed by atoms with Crippen LogP contribution in [0.4, 0.5) is 0 Å². The van der Waals surface area contributed by atoms with Gasteiger partial charge in [0.2, 0.25) is 0 Å². The molecule has 0 amide bonds. The quantitative estimate of drug-likeness (QED) is 0.290. The van der Waals surface area contributed by atoms with Gasteiger partial charge in [-0.1, -0.05) is 128 Å². The molecule has 0 bridgehead atoms. The molecule has 0 aliphatic heterocycles. The van der Waals surface area contributed by atoms with E-state index >= 15 is 0 Å². The van der Waals surface area contributed by atoms with Crippen molar-refractivity contribution in [3.05, 3.63) is 0 Å². The van der Waals surface area contributed by atoms with Gasteiger partial charge in [-0.3, -0.25) is 0 Å². The van der Waals surface area contributed by atoms with Crippen molar-refractivity contribution >= 4 is 0 Å². The Hall–Kier alpha value is 0. The number of rotatable bonds is 4. The van der Waals surface area contributed by atoms with E-state index in [0.29, 0.717) is 0 Å². The van der Waals surface area contributed by atoms with E-state index in [0.717, 1.165) is 94.7 Å². The minimum Gasteiger partial charge on any atom is -0.0530 e. The minimum atomic E-state index is 1.12. The molecule has 0 aromatic rings. The second-order valence-corrected chi connectivity index (χ2v) is 20.4. The Kier molecular flexibility index (Phi) is 9.94. The Balaban J connectivity index is 0.952. The summed E-state index contributed by atoms with van der Waals surface area (Å²) in [4.78, 5) is 0. The zero-order chi connectivity index (χ0) is 30.5. The fraction of sp³-hybridized carbons (Fsp3) is 1.00. The Bertz CT molecular complexity index is 875. The highest BCUT2D eigenvalue weighted by atomic mass is 14.6. The van der Waals surface area contributed by atoms with Crippen molar-refractivity contribution in [1.82, 2.24) is 0 Å². The molecular weight excluding hydrogens is 553 g/mol. The molecule has 9 aliphatic rings. The van der Waals surface area contributed by atoms with E-state index in [9.17, 15) is 0 Å². The van der Waals surface area contributed by atoms with Crippen LogP contribution >= 0.6 is 0 Å². The molecule has 0 aromatic heterocycles. The highest BCUT2D eigenvalue weighted by Crippen LogP contribution is 2.64. The van der Waals surface area contributed by atoms with Crippen LogP contribution in [0, 0.1) is 94.7 Å². The van der Waals surface area contributed by atoms with Crippen LogP contribution < -0.4 is 0 Å². The Morgan fingerprint density at radius 3 is 0.826 bits per heavy atom. The second kappa shape index (κ2) is 14.3. The summed E-state index contributed by atoms with van der Waals surface area (Å²) < 4.78 is 0. The van der Waals surface area contributed by atoms with Crippen molar-refractivity contribution < 1.29 is 0 Å². The fourth-order valence-electron chi connectivity index (χ4n) is 17.5. The van der Waals surface area contributed by atoms with E-state index in [-0.39, 0.29) is 0 Å². The molecular formula is C46H76. The number of hydrogen-bond acceptors (Lipinski definition) is 0. The molecule has 14 atom stereocenters. The third-order valence-corrected chi connectivity index (χ3v) is 18.8. The van der Waals surface area contributed by atoms with Crippen LogP contribution in [0.15, 0.2) is 0 Å². The van der Waals surface area contributed by atoms with Gasteiger partial charge in [0.05, 0.1) is 0 Å². The maximum absolute atomic E-state index is 1.69. The largest absolute Gasteiger partial charge is 0.0530 e. The first-order valence-electron chi connectivity index (χ1n) is 22.8. The zero-order valence-corrected chi connectivity index (χ0v) is 30.5. The van der Waals surface area contributed by atoms with Gasteiger partial charge in [0, 0.05) is 0 Å². The van der Waals surface area contributed by atoms with Gasteiger partial charge in [-0.05, 0) is 159 Å². The molecule has 0 heteroatoms. The van der Waals surface area contributed by atoms with Gasteiger partial charge in [0.25, 0.3) is 0 Å². The molecule has 46 heavy (non-hydrogen) atoms. The SMILES string of the molecule is C1CCC2C(C1)CCCC2C1CCCC(C2C3CCCCC3C(C3CCCC(C4CCCC5CCCCC54)C3)C3CCCCC32)C1. The van der Waals surface area contributed by atoms with E-state index in [4.69, 9.17) is 0 Å². The molecule has 9 saturated carbocycles. The predicted octanol–water partition coefficient (Wildman–Crippen LogP) is 13.7. The zero-order valence-electron chi connectivity index (χ0n) is 30.5. The Labute approximate surface area is 286 Å². The summed E-state index contributed by atoms with van der Waals surface area (Å²) in [6.45, 7) is 0. The van der Waals surface area contributed by atoms with E-state index in [1.54, 1.807) is 193 Å². The third-order valence-electron chi connectivity index (χ3n) is 18.8. The lowest BCUT2D eigenvalue weighted by atomic mass is 9.44. The lowest BCUT2D eigenvalue weighted by molar-refractivity contribution is -0.122. The summed E-state index contributed by atoms with van der Waals surface area (Å²) >= 11 is 0. The molecule has 0 spiro atoms. The lowest BCUT2D eigenvalue weighted by Gasteiger charge is -2.61. The minimum absolute atomic E-state index is 1.12. The van der Waals surface area contributed by atoms with Crippen molar-refractivity contribution in [1.29, 1.82) is 0 Å². The standard InChI is InChI=1S/C46H76/c1-3-21-37-31(13-1)15-11-27-39(37)33-17-9-19-35(29-33)45-41-23-5-7-25-43(41)46(44-26-8-6-24-42(44)45)36-20-10-18-34(30-36)40-28-12-16-32-14-2-4-22-38(32)40/h31-46H,1-30H2. The van der Waals surface area contributed by atoms with Gasteiger partial charge < -0.3 is 0 Å². The van der Waals surface area contributed by atoms with E-state index in [2.05, 4.69) is 0 Å². The van der Waals surface area contributed by atoms with Gasteiger partial charge in [-0.2, -0.15) is 0 Å². The van der Waals surface area contributed by atoms with Crippen molar-refractivity contribution in [3.63, 3.8) is 0 Å². The monoisotopic (exact) mass is 629 g/mol. The fourth-order valence-corrected chi connectivity index (χ4v) is 17.5. The Morgan fingerprint density at radius 2 is 0.413 bits per heavy atom. The van der Waals surface area contributed by atoms with Crippen molar-refractivity contribution in [2.24, 2.45) is 94.7 Å². The summed E-state index contributed by atoms with van der Waals surface area (Å²) in [5.74, 6) is 18.1. The van der Waals surface area contributed by atoms with Crippen molar-refractivity contribution in [2.75, 3.05) is 0 Å². The van der Waals surface area contributed by atoms with Crippen LogP contribution in [0.5, 0.6) is 0 Å². The summed E-state index contributed by atoms with van der Waals surface area (Å²) in [6, 6.07) is 0. The first-order valence-corrected chi connectivity index (χ1v) is 22.8. The molecule has 0 nitrogen and oxygen atoms in total. The molecule has 9 rings (SSSR count). The van der Waals surface area contributed by atoms with Gasteiger partial charge in [0.15, 0.2) is 0 Å². The highest BCUT2D eigenvalue weighted by molar-refractivity contribution is 5.05. The average Bonchev–Trinajstić information content (AvgIpc) is 3.13. The van der Waals surface area contributed by atoms with Gasteiger partial charge in [-0.15, -0.1) is 0 Å². The Morgan fingerprint density at radius 1 is 0.174 bits per heavy atom. The molecule has 260 valence electrons. The van der Waals surface area contributed by atoms with Crippen LogP contribution in [0.2, 0.25) is 0 Å². The molecule has 9 fully saturated rings. The van der Waals surface area contributed by atoms with Gasteiger partial charge in [0.1, 0.15) is 0 Å². The number of hydrogen-bond donors (Lipinski definition) is 0. The molecule has 0 radical (unpaired) electrons. The van der Waals surface area contributed by atoms with Crippen LogP contribution in [0.1, 0.15) is 193 Å². The maximum atomic E-state index is 1.69. The van der Waals surface area contributed by atoms with E-state index < -0.39 is 0 Å². The van der Waals surface area contributed by atoms with Crippen LogP contribution in [0.25, 0.3) is 0 Å². The molecule has 14 unspecified atom stereocenters. The summed E-state index contributed by atoms with van der Waals surface area (Å²) in [5, 5.41) is 0. The molecule has 0 N–H and O–H groups in total. The molecule has 0 heterocycles. The normalized spacial score (nSPS) is 53.2. The predicted molar refractivity (Wildman–Crippen MR) is 194 cm³/mol. The van der Waals surface area contributed by atoms with Crippen LogP contribution in [0.3, 0.4) is 0 Å². The van der Waals surface area contributed by atoms with Gasteiger partial charge >= 0.3 is 0 Å². The van der Waals surface area contributed by atoms with Crippen molar-refractivity contribution in [3.8, 4) is 0 Å². The first-order chi connectivity index (χ1) is 22.8. The molecule has 0 aromatic carbocycles. The van der Waals surface area contributed by atoms with Gasteiger partial charge in [-0.25, -0.2) is 0 Å². The topological polar surface area (TPSA) is 0 Å². The summed E-state index contributed by atoms with van der Waals surface area (Å²) in [5.41, 5.74) is 0. The van der Waals surface area contributed by atoms with E-state index in [1.165, 1.54) is 0 Å².